The summed E-state index contributed by atoms with van der Waals surface area (Å²) >= 11 is 0. The lowest BCUT2D eigenvalue weighted by Gasteiger charge is -2.21. The maximum atomic E-state index is 12.7. The summed E-state index contributed by atoms with van der Waals surface area (Å²) in [6.07, 6.45) is -4.72. The van der Waals surface area contributed by atoms with Gasteiger partial charge in [0.25, 0.3) is 5.69 Å². The summed E-state index contributed by atoms with van der Waals surface area (Å²) in [5.41, 5.74) is -1.18. The van der Waals surface area contributed by atoms with Crippen LogP contribution >= 0.6 is 0 Å². The van der Waals surface area contributed by atoms with E-state index in [1.165, 1.54) is 0 Å². The Balaban J connectivity index is 1.54. The molecule has 0 atom stereocenters. The van der Waals surface area contributed by atoms with E-state index < -0.39 is 22.4 Å². The number of para-hydroxylation sites is 1. The molecular formula is C19H18F3N3O5. The van der Waals surface area contributed by atoms with Gasteiger partial charge in [-0.25, -0.2) is 0 Å². The predicted octanol–water partition coefficient (Wildman–Crippen LogP) is 3.50. The molecule has 11 heteroatoms. The van der Waals surface area contributed by atoms with Crippen LogP contribution in [-0.2, 0) is 17.5 Å². The summed E-state index contributed by atoms with van der Waals surface area (Å²) in [5, 5.41) is 16.4. The first-order valence-corrected chi connectivity index (χ1v) is 8.99. The van der Waals surface area contributed by atoms with Crippen molar-refractivity contribution in [3.63, 3.8) is 0 Å². The van der Waals surface area contributed by atoms with E-state index in [1.54, 1.807) is 18.2 Å². The molecule has 0 saturated heterocycles. The average Bonchev–Trinajstić information content (AvgIpc) is 2.71. The Morgan fingerprint density at radius 2 is 1.93 bits per heavy atom. The molecule has 30 heavy (non-hydrogen) atoms. The number of nitro groups is 1. The number of alkyl halides is 3. The molecule has 0 aromatic heterocycles. The molecule has 3 rings (SSSR count). The fourth-order valence-corrected chi connectivity index (χ4v) is 2.87. The molecule has 0 spiro atoms. The van der Waals surface area contributed by atoms with Crippen molar-refractivity contribution in [3.8, 4) is 11.5 Å². The minimum Gasteiger partial charge on any atom is -0.486 e. The van der Waals surface area contributed by atoms with Crippen LogP contribution in [0.2, 0.25) is 0 Å². The molecule has 160 valence electrons. The van der Waals surface area contributed by atoms with Gasteiger partial charge >= 0.3 is 6.18 Å². The minimum absolute atomic E-state index is 0.00451. The molecule has 2 aromatic carbocycles. The Labute approximate surface area is 169 Å². The van der Waals surface area contributed by atoms with Crippen LogP contribution in [0.1, 0.15) is 17.5 Å². The maximum absolute atomic E-state index is 12.7. The second-order valence-electron chi connectivity index (χ2n) is 6.38. The number of fused-ring (bicyclic) bond motifs is 1. The van der Waals surface area contributed by atoms with Crippen molar-refractivity contribution >= 4 is 17.3 Å². The van der Waals surface area contributed by atoms with Gasteiger partial charge in [0.05, 0.1) is 10.5 Å². The lowest BCUT2D eigenvalue weighted by atomic mass is 10.1. The van der Waals surface area contributed by atoms with Crippen LogP contribution in [0.15, 0.2) is 36.4 Å². The number of nitrogens with one attached hydrogen (secondary N) is 2. The van der Waals surface area contributed by atoms with E-state index in [9.17, 15) is 28.1 Å². The Morgan fingerprint density at radius 1 is 1.17 bits per heavy atom. The molecule has 0 aliphatic carbocycles. The van der Waals surface area contributed by atoms with Crippen LogP contribution < -0.4 is 20.1 Å². The Bertz CT molecular complexity index is 949. The second kappa shape index (κ2) is 8.89. The SMILES string of the molecule is O=C(CCNc1ccc(C(F)(F)F)cc1[N+](=O)[O-])NCc1cccc2c1OCCO2. The van der Waals surface area contributed by atoms with E-state index in [0.29, 0.717) is 30.8 Å². The lowest BCUT2D eigenvalue weighted by molar-refractivity contribution is -0.384. The van der Waals surface area contributed by atoms with Crippen molar-refractivity contribution < 1.29 is 32.4 Å². The molecule has 1 aliphatic rings. The average molecular weight is 425 g/mol. The zero-order valence-electron chi connectivity index (χ0n) is 15.6. The number of hydrogen-bond donors (Lipinski definition) is 2. The molecule has 2 aromatic rings. The fourth-order valence-electron chi connectivity index (χ4n) is 2.87. The molecule has 0 saturated carbocycles. The van der Waals surface area contributed by atoms with Crippen molar-refractivity contribution in [2.24, 2.45) is 0 Å². The summed E-state index contributed by atoms with van der Waals surface area (Å²) in [5.74, 6) is 0.832. The Hall–Kier alpha value is -3.50. The van der Waals surface area contributed by atoms with Crippen LogP contribution in [0.25, 0.3) is 0 Å². The topological polar surface area (TPSA) is 103 Å². The number of carbonyl (C=O) groups is 1. The molecule has 1 amide bonds. The van der Waals surface area contributed by atoms with E-state index in [2.05, 4.69) is 10.6 Å². The van der Waals surface area contributed by atoms with E-state index in [1.807, 2.05) is 0 Å². The van der Waals surface area contributed by atoms with Crippen molar-refractivity contribution in [2.45, 2.75) is 19.1 Å². The first kappa shape index (κ1) is 21.2. The highest BCUT2D eigenvalue weighted by molar-refractivity contribution is 5.77. The van der Waals surface area contributed by atoms with Gasteiger partial charge in [-0.3, -0.25) is 14.9 Å². The van der Waals surface area contributed by atoms with Crippen LogP contribution in [0, 0.1) is 10.1 Å². The van der Waals surface area contributed by atoms with Crippen molar-refractivity contribution in [2.75, 3.05) is 25.1 Å². The smallest absolute Gasteiger partial charge is 0.416 e. The van der Waals surface area contributed by atoms with E-state index in [4.69, 9.17) is 9.47 Å². The number of carbonyl (C=O) groups excluding carboxylic acids is 1. The van der Waals surface area contributed by atoms with Gasteiger partial charge in [0.15, 0.2) is 11.5 Å². The minimum atomic E-state index is -4.69. The third-order valence-corrected chi connectivity index (χ3v) is 4.31. The summed E-state index contributed by atoms with van der Waals surface area (Å²) in [4.78, 5) is 22.2. The number of nitrogens with zero attached hydrogens (tertiary/aromatic N) is 1. The highest BCUT2D eigenvalue weighted by Crippen LogP contribution is 2.35. The molecule has 0 bridgehead atoms. The number of rotatable bonds is 7. The Kier molecular flexibility index (Phi) is 6.28. The number of amides is 1. The van der Waals surface area contributed by atoms with E-state index >= 15 is 0 Å². The number of nitro benzene ring substituents is 1. The number of hydrogen-bond acceptors (Lipinski definition) is 6. The molecule has 1 aliphatic heterocycles. The summed E-state index contributed by atoms with van der Waals surface area (Å²) in [6, 6.07) is 7.52. The number of benzene rings is 2. The molecule has 1 heterocycles. The van der Waals surface area contributed by atoms with Crippen molar-refractivity contribution in [3.05, 3.63) is 57.6 Å². The summed E-state index contributed by atoms with van der Waals surface area (Å²) in [6.45, 7) is 1.06. The van der Waals surface area contributed by atoms with E-state index in [0.717, 1.165) is 17.7 Å². The summed E-state index contributed by atoms with van der Waals surface area (Å²) in [7, 11) is 0. The number of ether oxygens (including phenoxy) is 2. The van der Waals surface area contributed by atoms with Gasteiger partial charge in [0.2, 0.25) is 5.91 Å². The predicted molar refractivity (Wildman–Crippen MR) is 100 cm³/mol. The first-order valence-electron chi connectivity index (χ1n) is 8.99. The summed E-state index contributed by atoms with van der Waals surface area (Å²) < 4.78 is 49.2. The van der Waals surface area contributed by atoms with Crippen molar-refractivity contribution in [1.29, 1.82) is 0 Å². The van der Waals surface area contributed by atoms with Crippen LogP contribution in [-0.4, -0.2) is 30.6 Å². The van der Waals surface area contributed by atoms with Gasteiger partial charge in [-0.1, -0.05) is 12.1 Å². The van der Waals surface area contributed by atoms with E-state index in [-0.39, 0.29) is 31.1 Å². The number of halogens is 3. The molecule has 0 radical (unpaired) electrons. The zero-order valence-corrected chi connectivity index (χ0v) is 15.6. The van der Waals surface area contributed by atoms with Gasteiger partial charge in [-0.15, -0.1) is 0 Å². The largest absolute Gasteiger partial charge is 0.486 e. The second-order valence-corrected chi connectivity index (χ2v) is 6.38. The van der Waals surface area contributed by atoms with Gasteiger partial charge in [-0.2, -0.15) is 13.2 Å². The van der Waals surface area contributed by atoms with Gasteiger partial charge in [0, 0.05) is 31.1 Å². The van der Waals surface area contributed by atoms with Gasteiger partial charge in [0.1, 0.15) is 18.9 Å². The first-order chi connectivity index (χ1) is 14.3. The molecule has 8 nitrogen and oxygen atoms in total. The fraction of sp³-hybridized carbons (Fsp3) is 0.316. The third kappa shape index (κ3) is 5.10. The lowest BCUT2D eigenvalue weighted by Crippen LogP contribution is -2.26. The van der Waals surface area contributed by atoms with Gasteiger partial charge < -0.3 is 20.1 Å². The van der Waals surface area contributed by atoms with Crippen LogP contribution in [0.5, 0.6) is 11.5 Å². The third-order valence-electron chi connectivity index (χ3n) is 4.31. The molecule has 2 N–H and O–H groups in total. The monoisotopic (exact) mass is 425 g/mol. The van der Waals surface area contributed by atoms with Crippen LogP contribution in [0.3, 0.4) is 0 Å². The molecule has 0 fully saturated rings. The van der Waals surface area contributed by atoms with Crippen LogP contribution in [0.4, 0.5) is 24.5 Å². The van der Waals surface area contributed by atoms with Crippen molar-refractivity contribution in [1.82, 2.24) is 5.32 Å². The highest BCUT2D eigenvalue weighted by atomic mass is 19.4. The van der Waals surface area contributed by atoms with Gasteiger partial charge in [-0.05, 0) is 18.2 Å². The zero-order chi connectivity index (χ0) is 21.7. The maximum Gasteiger partial charge on any atom is 0.416 e. The molecule has 0 unspecified atom stereocenters. The normalized spacial score (nSPS) is 12.9. The molecular weight excluding hydrogens is 407 g/mol. The standard InChI is InChI=1S/C19H18F3N3O5/c20-19(21,22)13-4-5-14(15(10-13)25(27)28)23-7-6-17(26)24-11-12-2-1-3-16-18(12)30-9-8-29-16/h1-5,10,23H,6-9,11H2,(H,24,26). The quantitative estimate of drug-likeness (QED) is 0.520. The highest BCUT2D eigenvalue weighted by Gasteiger charge is 2.33. The number of anilines is 1. The Morgan fingerprint density at radius 3 is 2.67 bits per heavy atom.